The van der Waals surface area contributed by atoms with E-state index < -0.39 is 0 Å². The fourth-order valence-corrected chi connectivity index (χ4v) is 1.47. The number of nitriles is 1. The Morgan fingerprint density at radius 3 is 3.15 bits per heavy atom. The number of nitrogens with one attached hydrogen (secondary N) is 1. The van der Waals surface area contributed by atoms with Crippen LogP contribution in [0.1, 0.15) is 26.2 Å². The summed E-state index contributed by atoms with van der Waals surface area (Å²) in [7, 11) is 0. The summed E-state index contributed by atoms with van der Waals surface area (Å²) in [6.07, 6.45) is 2.11. The SMILES string of the molecule is CC(NC(=O)CC#N)C1CCCO1. The first kappa shape index (κ1) is 10.0. The van der Waals surface area contributed by atoms with Crippen molar-refractivity contribution in [2.75, 3.05) is 6.61 Å². The van der Waals surface area contributed by atoms with Crippen LogP contribution in [-0.2, 0) is 9.53 Å². The standard InChI is InChI=1S/C9H14N2O2/c1-7(8-3-2-6-13-8)11-9(12)4-5-10/h7-8H,2-4,6H2,1H3,(H,11,12). The van der Waals surface area contributed by atoms with E-state index in [1.54, 1.807) is 0 Å². The van der Waals surface area contributed by atoms with E-state index in [1.807, 2.05) is 13.0 Å². The van der Waals surface area contributed by atoms with Crippen molar-refractivity contribution in [3.05, 3.63) is 0 Å². The van der Waals surface area contributed by atoms with Gasteiger partial charge in [0.2, 0.25) is 5.91 Å². The third-order valence-corrected chi connectivity index (χ3v) is 2.15. The summed E-state index contributed by atoms with van der Waals surface area (Å²) in [6, 6.07) is 1.83. The van der Waals surface area contributed by atoms with Crippen LogP contribution in [0.2, 0.25) is 0 Å². The van der Waals surface area contributed by atoms with Crippen LogP contribution in [0.25, 0.3) is 0 Å². The Balaban J connectivity index is 2.27. The highest BCUT2D eigenvalue weighted by Crippen LogP contribution is 2.15. The molecule has 4 heteroatoms. The second kappa shape index (κ2) is 4.83. The van der Waals surface area contributed by atoms with E-state index in [9.17, 15) is 4.79 Å². The van der Waals surface area contributed by atoms with Crippen LogP contribution in [-0.4, -0.2) is 24.7 Å². The topological polar surface area (TPSA) is 62.1 Å². The normalized spacial score (nSPS) is 23.5. The third kappa shape index (κ3) is 3.03. The van der Waals surface area contributed by atoms with Crippen molar-refractivity contribution in [3.63, 3.8) is 0 Å². The molecule has 2 atom stereocenters. The maximum absolute atomic E-state index is 11.0. The molecule has 0 spiro atoms. The number of hydrogen-bond donors (Lipinski definition) is 1. The van der Waals surface area contributed by atoms with Gasteiger partial charge in [0.05, 0.1) is 18.2 Å². The summed E-state index contributed by atoms with van der Waals surface area (Å²) in [4.78, 5) is 11.0. The smallest absolute Gasteiger partial charge is 0.234 e. The molecule has 0 aromatic carbocycles. The molecule has 2 unspecified atom stereocenters. The lowest BCUT2D eigenvalue weighted by Crippen LogP contribution is -2.40. The maximum Gasteiger partial charge on any atom is 0.234 e. The van der Waals surface area contributed by atoms with E-state index in [0.29, 0.717) is 0 Å². The molecule has 0 saturated carbocycles. The lowest BCUT2D eigenvalue weighted by molar-refractivity contribution is -0.121. The van der Waals surface area contributed by atoms with Gasteiger partial charge in [0.25, 0.3) is 0 Å². The first-order valence-corrected chi connectivity index (χ1v) is 4.52. The number of carbonyl (C=O) groups is 1. The van der Waals surface area contributed by atoms with Crippen LogP contribution in [0.5, 0.6) is 0 Å². The van der Waals surface area contributed by atoms with E-state index >= 15 is 0 Å². The summed E-state index contributed by atoms with van der Waals surface area (Å²) in [6.45, 7) is 2.69. The highest BCUT2D eigenvalue weighted by molar-refractivity contribution is 5.78. The van der Waals surface area contributed by atoms with Gasteiger partial charge in [0.15, 0.2) is 0 Å². The van der Waals surface area contributed by atoms with Gasteiger partial charge < -0.3 is 10.1 Å². The van der Waals surface area contributed by atoms with Crippen molar-refractivity contribution in [1.82, 2.24) is 5.32 Å². The Morgan fingerprint density at radius 2 is 2.62 bits per heavy atom. The molecule has 1 rings (SSSR count). The first-order chi connectivity index (χ1) is 6.24. The Bertz CT molecular complexity index is 216. The van der Waals surface area contributed by atoms with Gasteiger partial charge in [-0.25, -0.2) is 0 Å². The first-order valence-electron chi connectivity index (χ1n) is 4.52. The van der Waals surface area contributed by atoms with Crippen LogP contribution in [0.15, 0.2) is 0 Å². The Labute approximate surface area is 77.9 Å². The van der Waals surface area contributed by atoms with Crippen molar-refractivity contribution in [1.29, 1.82) is 5.26 Å². The quantitative estimate of drug-likeness (QED) is 0.694. The number of ether oxygens (including phenoxy) is 1. The van der Waals surface area contributed by atoms with Gasteiger partial charge in [-0.1, -0.05) is 0 Å². The Kier molecular flexibility index (Phi) is 3.71. The summed E-state index contributed by atoms with van der Waals surface area (Å²) in [5.41, 5.74) is 0. The second-order valence-electron chi connectivity index (χ2n) is 3.24. The molecule has 0 aromatic heterocycles. The van der Waals surface area contributed by atoms with Gasteiger partial charge in [-0.3, -0.25) is 4.79 Å². The minimum atomic E-state index is -0.217. The third-order valence-electron chi connectivity index (χ3n) is 2.15. The molecule has 0 bridgehead atoms. The number of amides is 1. The zero-order valence-corrected chi connectivity index (χ0v) is 7.75. The number of carbonyl (C=O) groups excluding carboxylic acids is 1. The molecule has 0 radical (unpaired) electrons. The minimum absolute atomic E-state index is 0.0170. The van der Waals surface area contributed by atoms with Crippen LogP contribution < -0.4 is 5.32 Å². The molecule has 0 aromatic rings. The molecular weight excluding hydrogens is 168 g/mol. The highest BCUT2D eigenvalue weighted by Gasteiger charge is 2.23. The predicted molar refractivity (Wildman–Crippen MR) is 46.8 cm³/mol. The molecular formula is C9H14N2O2. The van der Waals surface area contributed by atoms with Crippen molar-refractivity contribution in [3.8, 4) is 6.07 Å². The summed E-state index contributed by atoms with van der Waals surface area (Å²) in [5, 5.41) is 11.0. The highest BCUT2D eigenvalue weighted by atomic mass is 16.5. The zero-order valence-electron chi connectivity index (χ0n) is 7.75. The van der Waals surface area contributed by atoms with E-state index in [4.69, 9.17) is 10.00 Å². The molecule has 1 aliphatic heterocycles. The molecule has 1 heterocycles. The van der Waals surface area contributed by atoms with Crippen LogP contribution in [0.3, 0.4) is 0 Å². The van der Waals surface area contributed by atoms with Gasteiger partial charge in [-0.05, 0) is 19.8 Å². The van der Waals surface area contributed by atoms with Crippen LogP contribution >= 0.6 is 0 Å². The largest absolute Gasteiger partial charge is 0.376 e. The number of nitrogens with zero attached hydrogens (tertiary/aromatic N) is 1. The molecule has 0 aliphatic carbocycles. The molecule has 1 aliphatic rings. The molecule has 72 valence electrons. The van der Waals surface area contributed by atoms with Gasteiger partial charge in [-0.15, -0.1) is 0 Å². The second-order valence-corrected chi connectivity index (χ2v) is 3.24. The van der Waals surface area contributed by atoms with Crippen LogP contribution in [0.4, 0.5) is 0 Å². The summed E-state index contributed by atoms with van der Waals surface area (Å²) in [5.74, 6) is -0.217. The predicted octanol–water partition coefficient (Wildman–Crippen LogP) is 0.584. The van der Waals surface area contributed by atoms with Gasteiger partial charge in [0, 0.05) is 6.61 Å². The summed E-state index contributed by atoms with van der Waals surface area (Å²) < 4.78 is 5.40. The van der Waals surface area contributed by atoms with E-state index in [1.165, 1.54) is 0 Å². The van der Waals surface area contributed by atoms with Crippen molar-refractivity contribution < 1.29 is 9.53 Å². The van der Waals surface area contributed by atoms with E-state index in [-0.39, 0.29) is 24.5 Å². The Morgan fingerprint density at radius 1 is 1.85 bits per heavy atom. The maximum atomic E-state index is 11.0. The van der Waals surface area contributed by atoms with Crippen molar-refractivity contribution in [2.45, 2.75) is 38.3 Å². The molecule has 13 heavy (non-hydrogen) atoms. The van der Waals surface area contributed by atoms with E-state index in [2.05, 4.69) is 5.32 Å². The Hall–Kier alpha value is -1.08. The van der Waals surface area contributed by atoms with Crippen molar-refractivity contribution >= 4 is 5.91 Å². The van der Waals surface area contributed by atoms with Gasteiger partial charge in [-0.2, -0.15) is 5.26 Å². The fraction of sp³-hybridized carbons (Fsp3) is 0.778. The number of hydrogen-bond acceptors (Lipinski definition) is 3. The fourth-order valence-electron chi connectivity index (χ4n) is 1.47. The monoisotopic (exact) mass is 182 g/mol. The average molecular weight is 182 g/mol. The zero-order chi connectivity index (χ0) is 9.68. The lowest BCUT2D eigenvalue weighted by atomic mass is 10.1. The van der Waals surface area contributed by atoms with Gasteiger partial charge >= 0.3 is 0 Å². The van der Waals surface area contributed by atoms with Crippen LogP contribution in [0, 0.1) is 11.3 Å². The average Bonchev–Trinajstić information content (AvgIpc) is 2.55. The van der Waals surface area contributed by atoms with E-state index in [0.717, 1.165) is 19.4 Å². The van der Waals surface area contributed by atoms with Crippen molar-refractivity contribution in [2.24, 2.45) is 0 Å². The minimum Gasteiger partial charge on any atom is -0.376 e. The summed E-state index contributed by atoms with van der Waals surface area (Å²) >= 11 is 0. The molecule has 4 nitrogen and oxygen atoms in total. The number of rotatable bonds is 3. The molecule has 1 fully saturated rings. The molecule has 1 amide bonds. The molecule has 1 saturated heterocycles. The molecule has 1 N–H and O–H groups in total. The van der Waals surface area contributed by atoms with Gasteiger partial charge in [0.1, 0.15) is 6.42 Å². The lowest BCUT2D eigenvalue weighted by Gasteiger charge is -2.19.